The molecule has 4 heteroatoms. The number of hydrogen-bond acceptors (Lipinski definition) is 3. The highest BCUT2D eigenvalue weighted by atomic mass is 16.5. The lowest BCUT2D eigenvalue weighted by molar-refractivity contribution is -0.138. The predicted octanol–water partition coefficient (Wildman–Crippen LogP) is 1.93. The van der Waals surface area contributed by atoms with Crippen LogP contribution in [0.25, 0.3) is 0 Å². The average Bonchev–Trinajstić information content (AvgIpc) is 2.45. The van der Waals surface area contributed by atoms with Crippen LogP contribution in [0.5, 0.6) is 0 Å². The maximum Gasteiger partial charge on any atom is 0.242 e. The van der Waals surface area contributed by atoms with E-state index in [0.29, 0.717) is 6.61 Å². The van der Waals surface area contributed by atoms with Crippen LogP contribution in [0, 0.1) is 0 Å². The normalized spacial score (nSPS) is 17.2. The molecule has 4 nitrogen and oxygen atoms in total. The van der Waals surface area contributed by atoms with Crippen molar-refractivity contribution in [3.05, 3.63) is 35.9 Å². The van der Waals surface area contributed by atoms with E-state index < -0.39 is 5.54 Å². The van der Waals surface area contributed by atoms with Gasteiger partial charge >= 0.3 is 0 Å². The van der Waals surface area contributed by atoms with Gasteiger partial charge in [-0.25, -0.2) is 0 Å². The molecular formula is C16H24N2O2. The zero-order valence-corrected chi connectivity index (χ0v) is 12.3. The fourth-order valence-electron chi connectivity index (χ4n) is 2.42. The molecule has 1 aromatic rings. The van der Waals surface area contributed by atoms with Gasteiger partial charge in [0.1, 0.15) is 0 Å². The van der Waals surface area contributed by atoms with Gasteiger partial charge in [-0.05, 0) is 32.3 Å². The molecule has 0 aliphatic carbocycles. The molecule has 2 N–H and O–H groups in total. The Morgan fingerprint density at radius 3 is 2.45 bits per heavy atom. The van der Waals surface area contributed by atoms with E-state index in [1.807, 2.05) is 23.1 Å². The minimum Gasteiger partial charge on any atom is -0.373 e. The van der Waals surface area contributed by atoms with E-state index in [2.05, 4.69) is 12.1 Å². The molecule has 0 bridgehead atoms. The highest BCUT2D eigenvalue weighted by Gasteiger charge is 2.30. The Bertz CT molecular complexity index is 432. The topological polar surface area (TPSA) is 55.6 Å². The second-order valence-corrected chi connectivity index (χ2v) is 6.01. The molecule has 0 aromatic heterocycles. The van der Waals surface area contributed by atoms with Crippen molar-refractivity contribution in [2.45, 2.75) is 44.9 Å². The van der Waals surface area contributed by atoms with Crippen molar-refractivity contribution in [3.63, 3.8) is 0 Å². The summed E-state index contributed by atoms with van der Waals surface area (Å²) in [5.74, 6) is 0.0269. The van der Waals surface area contributed by atoms with Gasteiger partial charge in [-0.15, -0.1) is 0 Å². The highest BCUT2D eigenvalue weighted by molar-refractivity contribution is 5.85. The van der Waals surface area contributed by atoms with Crippen LogP contribution < -0.4 is 5.73 Å². The second-order valence-electron chi connectivity index (χ2n) is 6.01. The summed E-state index contributed by atoms with van der Waals surface area (Å²) in [6.07, 6.45) is 2.00. The summed E-state index contributed by atoms with van der Waals surface area (Å²) >= 11 is 0. The molecule has 0 unspecified atom stereocenters. The largest absolute Gasteiger partial charge is 0.373 e. The third kappa shape index (κ3) is 4.05. The molecule has 2 rings (SSSR count). The third-order valence-electron chi connectivity index (χ3n) is 3.61. The van der Waals surface area contributed by atoms with E-state index >= 15 is 0 Å². The number of likely N-dealkylation sites (tertiary alicyclic amines) is 1. The van der Waals surface area contributed by atoms with Crippen molar-refractivity contribution in [1.29, 1.82) is 0 Å². The quantitative estimate of drug-likeness (QED) is 0.914. The summed E-state index contributed by atoms with van der Waals surface area (Å²) in [7, 11) is 0. The van der Waals surface area contributed by atoms with E-state index in [4.69, 9.17) is 10.5 Å². The molecule has 20 heavy (non-hydrogen) atoms. The van der Waals surface area contributed by atoms with Crippen molar-refractivity contribution >= 4 is 5.91 Å². The van der Waals surface area contributed by atoms with Crippen molar-refractivity contribution in [2.24, 2.45) is 5.73 Å². The van der Waals surface area contributed by atoms with Crippen molar-refractivity contribution < 1.29 is 9.53 Å². The zero-order valence-electron chi connectivity index (χ0n) is 12.3. The fraction of sp³-hybridized carbons (Fsp3) is 0.562. The number of benzene rings is 1. The van der Waals surface area contributed by atoms with Crippen LogP contribution in [0.4, 0.5) is 0 Å². The van der Waals surface area contributed by atoms with E-state index in [1.165, 1.54) is 5.56 Å². The van der Waals surface area contributed by atoms with Gasteiger partial charge in [-0.1, -0.05) is 30.3 Å². The molecule has 1 saturated heterocycles. The zero-order chi connectivity index (χ0) is 14.6. The first-order valence-electron chi connectivity index (χ1n) is 7.20. The number of carbonyl (C=O) groups is 1. The molecular weight excluding hydrogens is 252 g/mol. The van der Waals surface area contributed by atoms with Crippen LogP contribution >= 0.6 is 0 Å². The molecule has 1 fully saturated rings. The number of carbonyl (C=O) groups excluding carboxylic acids is 1. The van der Waals surface area contributed by atoms with Crippen LogP contribution in [-0.4, -0.2) is 35.5 Å². The lowest BCUT2D eigenvalue weighted by Crippen LogP contribution is -2.53. The smallest absolute Gasteiger partial charge is 0.242 e. The van der Waals surface area contributed by atoms with Gasteiger partial charge in [0.15, 0.2) is 0 Å². The number of hydrogen-bond donors (Lipinski definition) is 1. The van der Waals surface area contributed by atoms with Crippen LogP contribution in [0.15, 0.2) is 30.3 Å². The Morgan fingerprint density at radius 1 is 1.30 bits per heavy atom. The van der Waals surface area contributed by atoms with Gasteiger partial charge in [0, 0.05) is 13.1 Å². The summed E-state index contributed by atoms with van der Waals surface area (Å²) in [5.41, 5.74) is 6.27. The minimum atomic E-state index is -0.780. The summed E-state index contributed by atoms with van der Waals surface area (Å²) in [6, 6.07) is 10.2. The van der Waals surface area contributed by atoms with Crippen molar-refractivity contribution in [2.75, 3.05) is 13.1 Å². The predicted molar refractivity (Wildman–Crippen MR) is 79.1 cm³/mol. The average molecular weight is 276 g/mol. The second kappa shape index (κ2) is 6.37. The molecule has 0 atom stereocenters. The minimum absolute atomic E-state index is 0.0269. The standard InChI is InChI=1S/C16H24N2O2/c1-16(2,17)15(19)18-10-8-14(9-11-18)20-12-13-6-4-3-5-7-13/h3-7,14H,8-12,17H2,1-2H3. The van der Waals surface area contributed by atoms with Gasteiger partial charge in [-0.3, -0.25) is 4.79 Å². The molecule has 0 spiro atoms. The first-order chi connectivity index (χ1) is 9.47. The van der Waals surface area contributed by atoms with Gasteiger partial charge < -0.3 is 15.4 Å². The number of amides is 1. The SMILES string of the molecule is CC(C)(N)C(=O)N1CCC(OCc2ccccc2)CC1. The Morgan fingerprint density at radius 2 is 1.90 bits per heavy atom. The van der Waals surface area contributed by atoms with E-state index in [-0.39, 0.29) is 12.0 Å². The van der Waals surface area contributed by atoms with E-state index in [0.717, 1.165) is 25.9 Å². The summed E-state index contributed by atoms with van der Waals surface area (Å²) in [6.45, 7) is 5.63. The third-order valence-corrected chi connectivity index (χ3v) is 3.61. The number of nitrogens with zero attached hydrogens (tertiary/aromatic N) is 1. The molecule has 0 saturated carbocycles. The molecule has 0 radical (unpaired) electrons. The van der Waals surface area contributed by atoms with Crippen LogP contribution in [0.3, 0.4) is 0 Å². The van der Waals surface area contributed by atoms with E-state index in [9.17, 15) is 4.79 Å². The fourth-order valence-corrected chi connectivity index (χ4v) is 2.42. The molecule has 1 amide bonds. The molecule has 1 aromatic carbocycles. The Balaban J connectivity index is 1.76. The molecule has 110 valence electrons. The number of ether oxygens (including phenoxy) is 1. The van der Waals surface area contributed by atoms with Gasteiger partial charge in [-0.2, -0.15) is 0 Å². The van der Waals surface area contributed by atoms with E-state index in [1.54, 1.807) is 13.8 Å². The molecule has 1 heterocycles. The lowest BCUT2D eigenvalue weighted by Gasteiger charge is -2.35. The summed E-state index contributed by atoms with van der Waals surface area (Å²) < 4.78 is 5.91. The first-order valence-corrected chi connectivity index (χ1v) is 7.20. The molecule has 1 aliphatic rings. The van der Waals surface area contributed by atoms with Crippen molar-refractivity contribution in [3.8, 4) is 0 Å². The van der Waals surface area contributed by atoms with Gasteiger partial charge in [0.05, 0.1) is 18.2 Å². The number of piperidine rings is 1. The maximum absolute atomic E-state index is 12.1. The van der Waals surface area contributed by atoms with Crippen LogP contribution in [0.2, 0.25) is 0 Å². The maximum atomic E-state index is 12.1. The Kier molecular flexibility index (Phi) is 4.78. The summed E-state index contributed by atoms with van der Waals surface area (Å²) in [4.78, 5) is 13.9. The van der Waals surface area contributed by atoms with Crippen LogP contribution in [0.1, 0.15) is 32.3 Å². The molecule has 1 aliphatic heterocycles. The first kappa shape index (κ1) is 15.0. The monoisotopic (exact) mass is 276 g/mol. The van der Waals surface area contributed by atoms with Gasteiger partial charge in [0.25, 0.3) is 0 Å². The van der Waals surface area contributed by atoms with Crippen LogP contribution in [-0.2, 0) is 16.1 Å². The number of rotatable bonds is 4. The highest BCUT2D eigenvalue weighted by Crippen LogP contribution is 2.17. The van der Waals surface area contributed by atoms with Crippen molar-refractivity contribution in [1.82, 2.24) is 4.90 Å². The Labute approximate surface area is 120 Å². The number of nitrogens with two attached hydrogens (primary N) is 1. The Hall–Kier alpha value is -1.39. The summed E-state index contributed by atoms with van der Waals surface area (Å²) in [5, 5.41) is 0. The lowest BCUT2D eigenvalue weighted by atomic mass is 10.0. The van der Waals surface area contributed by atoms with Gasteiger partial charge in [0.2, 0.25) is 5.91 Å².